The number of nitrogens with one attached hydrogen (secondary N) is 2. The first-order valence-corrected chi connectivity index (χ1v) is 7.79. The molecule has 7 heteroatoms. The first kappa shape index (κ1) is 23.5. The Morgan fingerprint density at radius 3 is 2.18 bits per heavy atom. The van der Waals surface area contributed by atoms with E-state index < -0.39 is 11.8 Å². The highest BCUT2D eigenvalue weighted by Gasteiger charge is 2.30. The molecule has 0 rings (SSSR count). The molecule has 0 bridgehead atoms. The summed E-state index contributed by atoms with van der Waals surface area (Å²) in [6, 6.07) is 0. The van der Waals surface area contributed by atoms with Gasteiger partial charge in [0.1, 0.15) is 6.17 Å². The molecule has 0 aromatic rings. The van der Waals surface area contributed by atoms with Crippen LogP contribution in [0.25, 0.3) is 0 Å². The summed E-state index contributed by atoms with van der Waals surface area (Å²) in [6.45, 7) is 10.4. The van der Waals surface area contributed by atoms with Gasteiger partial charge in [-0.3, -0.25) is 4.79 Å². The minimum absolute atomic E-state index is 0.0589. The van der Waals surface area contributed by atoms with E-state index in [9.17, 15) is 9.18 Å². The number of ether oxygens (including phenoxy) is 3. The number of likely N-dealkylation sites (N-methyl/N-ethyl adjacent to an activating group) is 1. The molecule has 0 aliphatic heterocycles. The summed E-state index contributed by atoms with van der Waals surface area (Å²) in [5.41, 5.74) is -0.956. The highest BCUT2D eigenvalue weighted by Crippen LogP contribution is 2.17. The Morgan fingerprint density at radius 2 is 1.64 bits per heavy atom. The molecule has 0 aromatic heterocycles. The maximum absolute atomic E-state index is 13.7. The zero-order chi connectivity index (χ0) is 17.3. The van der Waals surface area contributed by atoms with Gasteiger partial charge in [-0.1, -0.05) is 13.8 Å². The van der Waals surface area contributed by atoms with E-state index in [0.717, 1.165) is 6.54 Å². The molecule has 1 atom stereocenters. The van der Waals surface area contributed by atoms with Crippen LogP contribution in [0.15, 0.2) is 0 Å². The van der Waals surface area contributed by atoms with Crippen molar-refractivity contribution in [2.75, 3.05) is 53.2 Å². The third-order valence-electron chi connectivity index (χ3n) is 2.70. The molecular formula is C15H33FN2O4. The van der Waals surface area contributed by atoms with Crippen molar-refractivity contribution < 1.29 is 23.4 Å². The minimum Gasteiger partial charge on any atom is -0.378 e. The van der Waals surface area contributed by atoms with Crippen LogP contribution in [0.4, 0.5) is 4.39 Å². The van der Waals surface area contributed by atoms with Crippen LogP contribution < -0.4 is 10.6 Å². The Morgan fingerprint density at radius 1 is 1.09 bits per heavy atom. The summed E-state index contributed by atoms with van der Waals surface area (Å²) in [5, 5.41) is 5.27. The van der Waals surface area contributed by atoms with Crippen LogP contribution in [0.5, 0.6) is 0 Å². The van der Waals surface area contributed by atoms with Crippen molar-refractivity contribution in [3.63, 3.8) is 0 Å². The lowest BCUT2D eigenvalue weighted by molar-refractivity contribution is -0.111. The van der Waals surface area contributed by atoms with E-state index in [4.69, 9.17) is 14.2 Å². The van der Waals surface area contributed by atoms with Gasteiger partial charge in [0.25, 0.3) is 0 Å². The van der Waals surface area contributed by atoms with Crippen molar-refractivity contribution in [3.8, 4) is 0 Å². The molecule has 0 aromatic carbocycles. The van der Waals surface area contributed by atoms with Crippen molar-refractivity contribution in [2.45, 2.75) is 39.5 Å². The summed E-state index contributed by atoms with van der Waals surface area (Å²) >= 11 is 0. The molecule has 0 radical (unpaired) electrons. The molecule has 22 heavy (non-hydrogen) atoms. The highest BCUT2D eigenvalue weighted by molar-refractivity contribution is 5.45. The molecule has 0 aliphatic carbocycles. The van der Waals surface area contributed by atoms with E-state index in [1.54, 1.807) is 13.8 Å². The van der Waals surface area contributed by atoms with Gasteiger partial charge in [0.15, 0.2) is 0 Å². The largest absolute Gasteiger partial charge is 0.378 e. The van der Waals surface area contributed by atoms with Gasteiger partial charge >= 0.3 is 0 Å². The van der Waals surface area contributed by atoms with Gasteiger partial charge in [-0.15, -0.1) is 0 Å². The zero-order valence-electron chi connectivity index (χ0n) is 14.6. The van der Waals surface area contributed by atoms with E-state index in [-0.39, 0.29) is 6.54 Å². The Balaban J connectivity index is 0. The quantitative estimate of drug-likeness (QED) is 0.370. The van der Waals surface area contributed by atoms with Gasteiger partial charge in [-0.25, -0.2) is 4.39 Å². The normalized spacial score (nSPS) is 12.3. The number of hydrogen-bond donors (Lipinski definition) is 2. The van der Waals surface area contributed by atoms with Crippen molar-refractivity contribution >= 4 is 6.41 Å². The summed E-state index contributed by atoms with van der Waals surface area (Å²) in [5.74, 6) is 0. The van der Waals surface area contributed by atoms with Crippen LogP contribution >= 0.6 is 0 Å². The second kappa shape index (κ2) is 16.6. The molecule has 0 saturated heterocycles. The lowest BCUT2D eigenvalue weighted by atomic mass is 10.0. The van der Waals surface area contributed by atoms with E-state index in [2.05, 4.69) is 10.6 Å². The molecule has 2 N–H and O–H groups in total. The standard InChI is InChI=1S/C13H27FN2O4.C2H6/c1-13(2,12(14)10-16-11-17)20-9-8-19-7-6-18-5-4-15-3;1-2/h11-12,15H,4-10H2,1-3H3,(H,16,17);1-2H3. The smallest absolute Gasteiger partial charge is 0.207 e. The van der Waals surface area contributed by atoms with Crippen molar-refractivity contribution in [3.05, 3.63) is 0 Å². The summed E-state index contributed by atoms with van der Waals surface area (Å²) in [4.78, 5) is 10.1. The van der Waals surface area contributed by atoms with E-state index >= 15 is 0 Å². The molecular weight excluding hydrogens is 291 g/mol. The molecule has 0 aliphatic rings. The fourth-order valence-electron chi connectivity index (χ4n) is 1.35. The molecule has 6 nitrogen and oxygen atoms in total. The van der Waals surface area contributed by atoms with Gasteiger partial charge < -0.3 is 24.8 Å². The Bertz CT molecular complexity index is 244. The van der Waals surface area contributed by atoms with E-state index in [0.29, 0.717) is 39.4 Å². The molecule has 0 heterocycles. The van der Waals surface area contributed by atoms with Crippen LogP contribution in [0.2, 0.25) is 0 Å². The molecule has 0 spiro atoms. The maximum atomic E-state index is 13.7. The lowest BCUT2D eigenvalue weighted by Gasteiger charge is -2.28. The summed E-state index contributed by atoms with van der Waals surface area (Å²) in [6.07, 6.45) is -0.794. The number of alkyl halides is 1. The van der Waals surface area contributed by atoms with E-state index in [1.165, 1.54) is 0 Å². The van der Waals surface area contributed by atoms with Crippen molar-refractivity contribution in [2.24, 2.45) is 0 Å². The first-order valence-electron chi connectivity index (χ1n) is 7.79. The Kier molecular flexibility index (Phi) is 17.7. The van der Waals surface area contributed by atoms with Gasteiger partial charge in [0.05, 0.1) is 45.2 Å². The van der Waals surface area contributed by atoms with Crippen LogP contribution in [0, 0.1) is 0 Å². The zero-order valence-corrected chi connectivity index (χ0v) is 14.6. The average Bonchev–Trinajstić information content (AvgIpc) is 2.52. The second-order valence-electron chi connectivity index (χ2n) is 4.77. The van der Waals surface area contributed by atoms with Gasteiger partial charge in [0.2, 0.25) is 6.41 Å². The van der Waals surface area contributed by atoms with Crippen molar-refractivity contribution in [1.82, 2.24) is 10.6 Å². The average molecular weight is 324 g/mol. The molecule has 1 unspecified atom stereocenters. The molecule has 0 saturated carbocycles. The Hall–Kier alpha value is -0.760. The fraction of sp³-hybridized carbons (Fsp3) is 0.933. The third-order valence-corrected chi connectivity index (χ3v) is 2.70. The SMILES string of the molecule is CC.CNCCOCCOCCOC(C)(C)C(F)CNC=O. The summed E-state index contributed by atoms with van der Waals surface area (Å²) in [7, 11) is 1.86. The van der Waals surface area contributed by atoms with E-state index in [1.807, 2.05) is 20.9 Å². The topological polar surface area (TPSA) is 68.8 Å². The number of amides is 1. The number of rotatable bonds is 14. The lowest BCUT2D eigenvalue weighted by Crippen LogP contribution is -2.43. The van der Waals surface area contributed by atoms with Crippen LogP contribution in [-0.2, 0) is 19.0 Å². The van der Waals surface area contributed by atoms with Crippen LogP contribution in [-0.4, -0.2) is 71.4 Å². The minimum atomic E-state index is -1.27. The predicted molar refractivity (Wildman–Crippen MR) is 85.9 cm³/mol. The maximum Gasteiger partial charge on any atom is 0.207 e. The third kappa shape index (κ3) is 14.2. The molecule has 1 amide bonds. The monoisotopic (exact) mass is 324 g/mol. The van der Waals surface area contributed by atoms with Gasteiger partial charge in [-0.05, 0) is 20.9 Å². The Labute approximate surface area is 134 Å². The van der Waals surface area contributed by atoms with Crippen LogP contribution in [0.1, 0.15) is 27.7 Å². The van der Waals surface area contributed by atoms with Gasteiger partial charge in [-0.2, -0.15) is 0 Å². The summed E-state index contributed by atoms with van der Waals surface area (Å²) < 4.78 is 29.7. The molecule has 0 fully saturated rings. The number of carbonyl (C=O) groups excluding carboxylic acids is 1. The highest BCUT2D eigenvalue weighted by atomic mass is 19.1. The fourth-order valence-corrected chi connectivity index (χ4v) is 1.35. The van der Waals surface area contributed by atoms with Crippen LogP contribution in [0.3, 0.4) is 0 Å². The first-order chi connectivity index (χ1) is 10.5. The number of carbonyl (C=O) groups is 1. The second-order valence-corrected chi connectivity index (χ2v) is 4.77. The number of halogens is 1. The molecule has 134 valence electrons. The van der Waals surface area contributed by atoms with Crippen molar-refractivity contribution in [1.29, 1.82) is 0 Å². The number of hydrogen-bond acceptors (Lipinski definition) is 5. The van der Waals surface area contributed by atoms with Gasteiger partial charge in [0, 0.05) is 6.54 Å². The predicted octanol–water partition coefficient (Wildman–Crippen LogP) is 1.14.